The molecule has 19 heavy (non-hydrogen) atoms. The number of thiophene rings is 1. The minimum absolute atomic E-state index is 0.441. The highest BCUT2D eigenvalue weighted by atomic mass is 79.9. The van der Waals surface area contributed by atoms with Gasteiger partial charge >= 0.3 is 6.18 Å². The molecule has 0 amide bonds. The van der Waals surface area contributed by atoms with E-state index in [9.17, 15) is 13.2 Å². The maximum absolute atomic E-state index is 12.6. The number of hydrogen-bond donors (Lipinski definition) is 1. The summed E-state index contributed by atoms with van der Waals surface area (Å²) in [7, 11) is 0. The largest absolute Gasteiger partial charge is 0.416 e. The molecular formula is C12H8Br2F3NS. The van der Waals surface area contributed by atoms with Gasteiger partial charge in [0, 0.05) is 9.35 Å². The molecule has 2 aromatic rings. The summed E-state index contributed by atoms with van der Waals surface area (Å²) in [6, 6.07) is 6.33. The number of rotatable bonds is 2. The lowest BCUT2D eigenvalue weighted by atomic mass is 10.0. The maximum atomic E-state index is 12.6. The molecule has 0 saturated heterocycles. The normalized spacial score (nSPS) is 13.6. The number of halogens is 5. The zero-order valence-electron chi connectivity index (χ0n) is 9.34. The van der Waals surface area contributed by atoms with Crippen LogP contribution in [0.4, 0.5) is 13.2 Å². The van der Waals surface area contributed by atoms with E-state index >= 15 is 0 Å². The summed E-state index contributed by atoms with van der Waals surface area (Å²) in [5, 5.41) is 0. The molecule has 1 aromatic heterocycles. The molecule has 1 unspecified atom stereocenters. The molecule has 0 radical (unpaired) electrons. The first-order chi connectivity index (χ1) is 8.79. The molecule has 0 aliphatic rings. The second-order valence-electron chi connectivity index (χ2n) is 3.87. The van der Waals surface area contributed by atoms with Crippen LogP contribution in [0.3, 0.4) is 0 Å². The molecule has 0 spiro atoms. The Hall–Kier alpha value is -0.370. The molecule has 102 valence electrons. The van der Waals surface area contributed by atoms with Gasteiger partial charge in [-0.05, 0) is 55.6 Å². The van der Waals surface area contributed by atoms with Gasteiger partial charge in [0.05, 0.1) is 15.4 Å². The van der Waals surface area contributed by atoms with Crippen molar-refractivity contribution in [2.75, 3.05) is 0 Å². The Labute approximate surface area is 128 Å². The van der Waals surface area contributed by atoms with Crippen molar-refractivity contribution in [3.05, 3.63) is 54.6 Å². The summed E-state index contributed by atoms with van der Waals surface area (Å²) in [6.45, 7) is 0. The van der Waals surface area contributed by atoms with Crippen LogP contribution >= 0.6 is 43.2 Å². The van der Waals surface area contributed by atoms with Crippen molar-refractivity contribution in [1.29, 1.82) is 0 Å². The number of alkyl halides is 3. The maximum Gasteiger partial charge on any atom is 0.416 e. The van der Waals surface area contributed by atoms with E-state index in [0.29, 0.717) is 5.56 Å². The number of hydrogen-bond acceptors (Lipinski definition) is 2. The van der Waals surface area contributed by atoms with Crippen molar-refractivity contribution < 1.29 is 13.2 Å². The fourth-order valence-electron chi connectivity index (χ4n) is 1.59. The van der Waals surface area contributed by atoms with Crippen LogP contribution in [0.25, 0.3) is 0 Å². The Balaban J connectivity index is 2.36. The molecule has 1 atom stereocenters. The smallest absolute Gasteiger partial charge is 0.320 e. The first-order valence-electron chi connectivity index (χ1n) is 5.16. The monoisotopic (exact) mass is 413 g/mol. The summed E-state index contributed by atoms with van der Waals surface area (Å²) in [5.74, 6) is 0. The van der Waals surface area contributed by atoms with Gasteiger partial charge in [0.15, 0.2) is 0 Å². The summed E-state index contributed by atoms with van der Waals surface area (Å²) in [6.07, 6.45) is -4.35. The van der Waals surface area contributed by atoms with Crippen LogP contribution in [0.5, 0.6) is 0 Å². The molecule has 0 aliphatic carbocycles. The van der Waals surface area contributed by atoms with Crippen molar-refractivity contribution in [1.82, 2.24) is 0 Å². The predicted molar refractivity (Wildman–Crippen MR) is 77.2 cm³/mol. The van der Waals surface area contributed by atoms with E-state index < -0.39 is 17.8 Å². The number of benzene rings is 1. The van der Waals surface area contributed by atoms with E-state index in [4.69, 9.17) is 5.73 Å². The zero-order valence-corrected chi connectivity index (χ0v) is 13.3. The van der Waals surface area contributed by atoms with Crippen LogP contribution in [0.15, 0.2) is 38.6 Å². The van der Waals surface area contributed by atoms with Gasteiger partial charge < -0.3 is 5.73 Å². The van der Waals surface area contributed by atoms with Crippen LogP contribution in [-0.4, -0.2) is 0 Å². The molecular weight excluding hydrogens is 407 g/mol. The molecule has 1 heterocycles. The van der Waals surface area contributed by atoms with Crippen LogP contribution in [0.1, 0.15) is 22.0 Å². The standard InChI is InChI=1S/C12H8Br2F3NS/c13-8-5-9(19-11(8)14)10(18)6-2-1-3-7(4-6)12(15,16)17/h1-5,10H,18H2. The first-order valence-corrected chi connectivity index (χ1v) is 7.57. The molecule has 1 nitrogen and oxygen atoms in total. The van der Waals surface area contributed by atoms with Crippen molar-refractivity contribution in [2.24, 2.45) is 5.73 Å². The van der Waals surface area contributed by atoms with E-state index in [1.165, 1.54) is 17.4 Å². The van der Waals surface area contributed by atoms with E-state index in [1.54, 1.807) is 12.1 Å². The molecule has 1 aromatic carbocycles. The van der Waals surface area contributed by atoms with Crippen LogP contribution in [-0.2, 0) is 6.18 Å². The van der Waals surface area contributed by atoms with Gasteiger partial charge in [-0.1, -0.05) is 12.1 Å². The zero-order chi connectivity index (χ0) is 14.2. The van der Waals surface area contributed by atoms with E-state index in [0.717, 1.165) is 25.3 Å². The van der Waals surface area contributed by atoms with E-state index in [-0.39, 0.29) is 0 Å². The molecule has 0 bridgehead atoms. The van der Waals surface area contributed by atoms with E-state index in [1.807, 2.05) is 0 Å². The molecule has 0 aliphatic heterocycles. The summed E-state index contributed by atoms with van der Waals surface area (Å²) in [4.78, 5) is 0.790. The lowest BCUT2D eigenvalue weighted by Crippen LogP contribution is -2.12. The molecule has 2 rings (SSSR count). The SMILES string of the molecule is NC(c1cccc(C(F)(F)F)c1)c1cc(Br)c(Br)s1. The summed E-state index contributed by atoms with van der Waals surface area (Å²) < 4.78 is 39.7. The van der Waals surface area contributed by atoms with Gasteiger partial charge in [-0.3, -0.25) is 0 Å². The molecule has 0 saturated carbocycles. The van der Waals surface area contributed by atoms with Crippen LogP contribution < -0.4 is 5.73 Å². The number of nitrogens with two attached hydrogens (primary N) is 1. The van der Waals surface area contributed by atoms with Crippen molar-refractivity contribution in [3.8, 4) is 0 Å². The molecule has 0 fully saturated rings. The highest BCUT2D eigenvalue weighted by Gasteiger charge is 2.31. The van der Waals surface area contributed by atoms with Gasteiger partial charge in [0.1, 0.15) is 0 Å². The Morgan fingerprint density at radius 2 is 1.84 bits per heavy atom. The lowest BCUT2D eigenvalue weighted by Gasteiger charge is -2.13. The Morgan fingerprint density at radius 1 is 1.16 bits per heavy atom. The fraction of sp³-hybridized carbons (Fsp3) is 0.167. The van der Waals surface area contributed by atoms with Crippen molar-refractivity contribution >= 4 is 43.2 Å². The minimum Gasteiger partial charge on any atom is -0.320 e. The van der Waals surface area contributed by atoms with Gasteiger partial charge in [0.25, 0.3) is 0 Å². The average molecular weight is 415 g/mol. The topological polar surface area (TPSA) is 26.0 Å². The third kappa shape index (κ3) is 3.39. The van der Waals surface area contributed by atoms with E-state index in [2.05, 4.69) is 31.9 Å². The van der Waals surface area contributed by atoms with Gasteiger partial charge in [-0.25, -0.2) is 0 Å². The fourth-order valence-corrected chi connectivity index (χ4v) is 3.71. The second kappa shape index (κ2) is 5.55. The van der Waals surface area contributed by atoms with Crippen molar-refractivity contribution in [2.45, 2.75) is 12.2 Å². The Morgan fingerprint density at radius 3 is 2.37 bits per heavy atom. The summed E-state index contributed by atoms with van der Waals surface area (Å²) in [5.41, 5.74) is 5.77. The highest BCUT2D eigenvalue weighted by molar-refractivity contribution is 9.13. The highest BCUT2D eigenvalue weighted by Crippen LogP contribution is 2.37. The Kier molecular flexibility index (Phi) is 4.39. The first kappa shape index (κ1) is 15.0. The third-order valence-electron chi connectivity index (χ3n) is 2.54. The van der Waals surface area contributed by atoms with Gasteiger partial charge in [-0.2, -0.15) is 13.2 Å². The van der Waals surface area contributed by atoms with Crippen molar-refractivity contribution in [3.63, 3.8) is 0 Å². The lowest BCUT2D eigenvalue weighted by molar-refractivity contribution is -0.137. The summed E-state index contributed by atoms with van der Waals surface area (Å²) >= 11 is 8.06. The molecule has 2 N–H and O–H groups in total. The average Bonchev–Trinajstić information content (AvgIpc) is 2.68. The second-order valence-corrected chi connectivity index (χ2v) is 7.13. The van der Waals surface area contributed by atoms with Crippen LogP contribution in [0.2, 0.25) is 0 Å². The third-order valence-corrected chi connectivity index (χ3v) is 5.88. The minimum atomic E-state index is -4.35. The Bertz CT molecular complexity index is 575. The van der Waals surface area contributed by atoms with Gasteiger partial charge in [0.2, 0.25) is 0 Å². The van der Waals surface area contributed by atoms with Gasteiger partial charge in [-0.15, -0.1) is 11.3 Å². The quantitative estimate of drug-likeness (QED) is 0.705. The van der Waals surface area contributed by atoms with Crippen LogP contribution in [0, 0.1) is 0 Å². The predicted octanol–water partition coefficient (Wildman–Crippen LogP) is 5.34. The molecule has 7 heteroatoms.